The molecule has 5 atom stereocenters. The van der Waals surface area contributed by atoms with E-state index in [2.05, 4.69) is 210 Å². The molecule has 0 aromatic heterocycles. The Labute approximate surface area is 666 Å². The van der Waals surface area contributed by atoms with Crippen LogP contribution in [0.5, 0.6) is 0 Å². The molecule has 0 rings (SSSR count). The van der Waals surface area contributed by atoms with Crippen LogP contribution in [0.1, 0.15) is 297 Å². The van der Waals surface area contributed by atoms with Gasteiger partial charge in [-0.05, 0) is 173 Å². The van der Waals surface area contributed by atoms with Gasteiger partial charge < -0.3 is 33.8 Å². The first-order chi connectivity index (χ1) is 53.7. The summed E-state index contributed by atoms with van der Waals surface area (Å²) in [6.45, 7) is 4.30. The number of esters is 4. The largest absolute Gasteiger partial charge is 0.472 e. The Bertz CT molecular complexity index is 2850. The molecule has 0 aliphatic rings. The van der Waals surface area contributed by atoms with Gasteiger partial charge in [0.1, 0.15) is 19.3 Å². The molecule has 0 heterocycles. The minimum absolute atomic E-state index is 0.00106. The Morgan fingerprint density at radius 1 is 0.255 bits per heavy atom. The molecule has 0 spiro atoms. The predicted molar refractivity (Wildman–Crippen MR) is 454 cm³/mol. The summed E-state index contributed by atoms with van der Waals surface area (Å²) in [5.74, 6) is -2.32. The van der Waals surface area contributed by atoms with Crippen molar-refractivity contribution in [2.75, 3.05) is 39.6 Å². The van der Waals surface area contributed by atoms with E-state index in [0.717, 1.165) is 212 Å². The third-order valence-electron chi connectivity index (χ3n) is 16.5. The lowest BCUT2D eigenvalue weighted by Crippen LogP contribution is -2.30. The van der Waals surface area contributed by atoms with Crippen LogP contribution in [0.15, 0.2) is 194 Å². The molecule has 0 saturated heterocycles. The van der Waals surface area contributed by atoms with Crippen molar-refractivity contribution in [2.24, 2.45) is 0 Å². The van der Waals surface area contributed by atoms with Crippen molar-refractivity contribution in [1.29, 1.82) is 0 Å². The highest BCUT2D eigenvalue weighted by atomic mass is 31.2. The standard InChI is InChI=1S/C91H146O17P2/c1-5-9-13-17-21-25-29-33-37-41-42-46-48-52-56-60-64-68-72-76-89(94)102-82-87(108-91(96)78-74-70-66-62-58-54-50-45-40-36-32-28-24-20-16-12-8-4)84-106-110(99,100)104-80-85(92)79-103-109(97,98)105-83-86(107-90(95)77-73-69-65-61-57-53-49-44-39-35-31-27-23-19-15-11-7-3)81-101-88(93)75-71-67-63-59-55-51-47-43-38-34-30-26-22-18-14-10-6-2/h9-16,21-28,33-40,42,46,50,52,54,56,62,66,85-87,92H,5-8,17-20,29-32,41,43-45,47-49,51,53,55,57-61,63-65,67-84H2,1-4H3,(H,97,98)(H,99,100)/b13-9-,14-10-,15-11-,16-12-,25-21-,26-22-,27-23-,28-24-,37-33-,38-34-,39-35-,40-36-,46-42-,54-50-,56-52-,66-62-. The smallest absolute Gasteiger partial charge is 0.462 e. The van der Waals surface area contributed by atoms with Crippen molar-refractivity contribution in [1.82, 2.24) is 0 Å². The monoisotopic (exact) mass is 1570 g/mol. The number of aliphatic hydroxyl groups is 1. The molecule has 0 saturated carbocycles. The van der Waals surface area contributed by atoms with Gasteiger partial charge in [0.05, 0.1) is 26.4 Å². The van der Waals surface area contributed by atoms with Crippen LogP contribution in [0.25, 0.3) is 0 Å². The number of rotatable bonds is 76. The zero-order valence-corrected chi connectivity index (χ0v) is 69.9. The van der Waals surface area contributed by atoms with E-state index < -0.39 is 97.5 Å². The fourth-order valence-electron chi connectivity index (χ4n) is 10.4. The van der Waals surface area contributed by atoms with Crippen molar-refractivity contribution in [2.45, 2.75) is 316 Å². The summed E-state index contributed by atoms with van der Waals surface area (Å²) in [4.78, 5) is 73.2. The molecule has 3 N–H and O–H groups in total. The van der Waals surface area contributed by atoms with Crippen LogP contribution in [0.3, 0.4) is 0 Å². The normalized spacial score (nSPS) is 14.8. The van der Waals surface area contributed by atoms with E-state index in [4.69, 9.17) is 37.0 Å². The SMILES string of the molecule is CC/C=C\C/C=C\C/C=C\C/C=C\C/C=C\CCCCCC(=O)OCC(COP(=O)(O)OCC(O)COP(=O)(O)OCC(COC(=O)CCCCCCCCC/C=C\C/C=C\C/C=C\CC)OC(=O)CCCCCCCCC/C=C\C/C=C\C/C=C\CC)OC(=O)CCC/C=C\C/C=C\C/C=C\C/C=C\C/C=C\CC. The number of aliphatic hydroxyl groups excluding tert-OH is 1. The number of hydrogen-bond acceptors (Lipinski definition) is 15. The number of phosphoric acid groups is 2. The van der Waals surface area contributed by atoms with E-state index >= 15 is 0 Å². The first-order valence-electron chi connectivity index (χ1n) is 41.7. The van der Waals surface area contributed by atoms with E-state index in [-0.39, 0.29) is 25.7 Å². The summed E-state index contributed by atoms with van der Waals surface area (Å²) in [7, 11) is -10.0. The van der Waals surface area contributed by atoms with Gasteiger partial charge in [-0.15, -0.1) is 0 Å². The number of carbonyl (C=O) groups is 4. The first-order valence-corrected chi connectivity index (χ1v) is 44.7. The zero-order chi connectivity index (χ0) is 80.3. The average molecular weight is 1570 g/mol. The van der Waals surface area contributed by atoms with Crippen molar-refractivity contribution < 1.29 is 80.2 Å². The number of hydrogen-bond donors (Lipinski definition) is 3. The maximum absolute atomic E-state index is 13.1. The fraction of sp³-hybridized carbons (Fsp3) is 0.604. The highest BCUT2D eigenvalue weighted by Crippen LogP contribution is 2.45. The van der Waals surface area contributed by atoms with Gasteiger partial charge in [-0.2, -0.15) is 0 Å². The van der Waals surface area contributed by atoms with Gasteiger partial charge >= 0.3 is 39.5 Å². The second kappa shape index (κ2) is 80.9. The fourth-order valence-corrected chi connectivity index (χ4v) is 11.9. The van der Waals surface area contributed by atoms with Gasteiger partial charge in [-0.1, -0.05) is 293 Å². The Morgan fingerprint density at radius 2 is 0.455 bits per heavy atom. The number of unbranched alkanes of at least 4 members (excludes halogenated alkanes) is 18. The molecule has 0 radical (unpaired) electrons. The molecule has 0 amide bonds. The van der Waals surface area contributed by atoms with Crippen LogP contribution in [0, 0.1) is 0 Å². The third kappa shape index (κ3) is 80.0. The Balaban J connectivity index is 5.50. The average Bonchev–Trinajstić information content (AvgIpc) is 0.906. The summed E-state index contributed by atoms with van der Waals surface area (Å²) in [6.07, 6.45) is 99.7. The lowest BCUT2D eigenvalue weighted by atomic mass is 10.1. The van der Waals surface area contributed by atoms with Crippen molar-refractivity contribution in [3.63, 3.8) is 0 Å². The Hall–Kier alpha value is -6.10. The number of carbonyl (C=O) groups excluding carboxylic acids is 4. The topological polar surface area (TPSA) is 237 Å². The predicted octanol–water partition coefficient (Wildman–Crippen LogP) is 24.9. The van der Waals surface area contributed by atoms with Crippen LogP contribution in [0.4, 0.5) is 0 Å². The summed E-state index contributed by atoms with van der Waals surface area (Å²) < 4.78 is 68.7. The molecule has 0 fully saturated rings. The zero-order valence-electron chi connectivity index (χ0n) is 68.1. The van der Waals surface area contributed by atoms with E-state index in [1.54, 1.807) is 0 Å². The summed E-state index contributed by atoms with van der Waals surface area (Å²) in [5.41, 5.74) is 0. The second-order valence-electron chi connectivity index (χ2n) is 26.9. The van der Waals surface area contributed by atoms with E-state index in [0.29, 0.717) is 32.1 Å². The molecular weight excluding hydrogens is 1430 g/mol. The van der Waals surface area contributed by atoms with Gasteiger partial charge in [0.15, 0.2) is 12.2 Å². The first kappa shape index (κ1) is 104. The van der Waals surface area contributed by atoms with Crippen LogP contribution in [-0.2, 0) is 65.4 Å². The molecule has 5 unspecified atom stereocenters. The highest BCUT2D eigenvalue weighted by Gasteiger charge is 2.30. The number of ether oxygens (including phenoxy) is 4. The van der Waals surface area contributed by atoms with Crippen LogP contribution >= 0.6 is 15.6 Å². The molecule has 110 heavy (non-hydrogen) atoms. The van der Waals surface area contributed by atoms with Crippen LogP contribution in [0.2, 0.25) is 0 Å². The Morgan fingerprint density at radius 3 is 0.727 bits per heavy atom. The van der Waals surface area contributed by atoms with Crippen LogP contribution < -0.4 is 0 Å². The molecule has 0 bridgehead atoms. The maximum Gasteiger partial charge on any atom is 0.472 e. The van der Waals surface area contributed by atoms with E-state index in [9.17, 15) is 43.2 Å². The molecular formula is C91H146O17P2. The van der Waals surface area contributed by atoms with Gasteiger partial charge in [-0.3, -0.25) is 37.3 Å². The molecule has 19 heteroatoms. The molecule has 0 aliphatic heterocycles. The molecule has 17 nitrogen and oxygen atoms in total. The van der Waals surface area contributed by atoms with Crippen LogP contribution in [-0.4, -0.2) is 96.7 Å². The van der Waals surface area contributed by atoms with E-state index in [1.165, 1.54) is 0 Å². The van der Waals surface area contributed by atoms with Gasteiger partial charge in [0.25, 0.3) is 0 Å². The maximum atomic E-state index is 13.1. The lowest BCUT2D eigenvalue weighted by molar-refractivity contribution is -0.161. The van der Waals surface area contributed by atoms with Gasteiger partial charge in [-0.25, -0.2) is 9.13 Å². The Kier molecular flexibility index (Phi) is 76.4. The third-order valence-corrected chi connectivity index (χ3v) is 18.4. The summed E-state index contributed by atoms with van der Waals surface area (Å²) in [6, 6.07) is 0. The number of allylic oxidation sites excluding steroid dienone is 32. The molecule has 0 aromatic carbocycles. The van der Waals surface area contributed by atoms with Gasteiger partial charge in [0.2, 0.25) is 0 Å². The minimum atomic E-state index is -5.02. The van der Waals surface area contributed by atoms with Crippen molar-refractivity contribution in [3.05, 3.63) is 194 Å². The molecule has 0 aromatic rings. The van der Waals surface area contributed by atoms with E-state index in [1.807, 2.05) is 12.2 Å². The molecule has 622 valence electrons. The molecule has 0 aliphatic carbocycles. The quantitative estimate of drug-likeness (QED) is 0.0169. The van der Waals surface area contributed by atoms with Gasteiger partial charge in [0, 0.05) is 25.7 Å². The van der Waals surface area contributed by atoms with Crippen molar-refractivity contribution >= 4 is 39.5 Å². The lowest BCUT2D eigenvalue weighted by Gasteiger charge is -2.21. The second-order valence-corrected chi connectivity index (χ2v) is 29.8. The van der Waals surface area contributed by atoms with Crippen molar-refractivity contribution in [3.8, 4) is 0 Å². The summed E-state index contributed by atoms with van der Waals surface area (Å²) >= 11 is 0. The highest BCUT2D eigenvalue weighted by molar-refractivity contribution is 7.47. The minimum Gasteiger partial charge on any atom is -0.462 e. The number of phosphoric ester groups is 2. The summed E-state index contributed by atoms with van der Waals surface area (Å²) in [5, 5.41) is 10.7.